The number of piperidine rings is 1. The molecule has 0 radical (unpaired) electrons. The Balaban J connectivity index is 1.34. The molecule has 0 spiro atoms. The molecule has 0 bridgehead atoms. The number of carbonyl (C=O) groups excluding carboxylic acids is 1. The van der Waals surface area contributed by atoms with E-state index < -0.39 is 0 Å². The molecular formula is C20H26N4O. The molecule has 0 unspecified atom stereocenters. The fraction of sp³-hybridized carbons (Fsp3) is 0.450. The van der Waals surface area contributed by atoms with Gasteiger partial charge in [0.05, 0.1) is 0 Å². The van der Waals surface area contributed by atoms with Gasteiger partial charge in [-0.3, -0.25) is 9.69 Å². The second-order valence-corrected chi connectivity index (χ2v) is 6.99. The summed E-state index contributed by atoms with van der Waals surface area (Å²) in [5, 5.41) is 0. The number of aromatic amines is 1. The number of nitrogens with zero attached hydrogens (tertiary/aromatic N) is 3. The number of piperazine rings is 1. The van der Waals surface area contributed by atoms with Crippen molar-refractivity contribution in [2.45, 2.75) is 18.9 Å². The lowest BCUT2D eigenvalue weighted by Gasteiger charge is -2.43. The maximum absolute atomic E-state index is 12.6. The van der Waals surface area contributed by atoms with E-state index in [-0.39, 0.29) is 5.91 Å². The molecule has 4 rings (SSSR count). The lowest BCUT2D eigenvalue weighted by Crippen LogP contribution is -2.55. The van der Waals surface area contributed by atoms with Crippen molar-refractivity contribution in [3.8, 4) is 0 Å². The fourth-order valence-electron chi connectivity index (χ4n) is 4.06. The number of rotatable bonds is 3. The van der Waals surface area contributed by atoms with E-state index in [0.717, 1.165) is 45.7 Å². The summed E-state index contributed by atoms with van der Waals surface area (Å²) in [6.45, 7) is 5.99. The van der Waals surface area contributed by atoms with Crippen LogP contribution in [-0.2, 0) is 0 Å². The van der Waals surface area contributed by atoms with E-state index in [1.165, 1.54) is 12.1 Å². The van der Waals surface area contributed by atoms with Crippen molar-refractivity contribution < 1.29 is 4.79 Å². The van der Waals surface area contributed by atoms with Crippen molar-refractivity contribution in [3.05, 3.63) is 54.4 Å². The minimum Gasteiger partial charge on any atom is -0.369 e. The number of H-pyrrole nitrogens is 1. The first-order valence-corrected chi connectivity index (χ1v) is 9.28. The minimum atomic E-state index is 0.137. The van der Waals surface area contributed by atoms with Gasteiger partial charge in [-0.05, 0) is 37.1 Å². The third kappa shape index (κ3) is 3.56. The van der Waals surface area contributed by atoms with Crippen LogP contribution in [0, 0.1) is 0 Å². The van der Waals surface area contributed by atoms with Crippen molar-refractivity contribution >= 4 is 11.6 Å². The fourth-order valence-corrected chi connectivity index (χ4v) is 4.06. The van der Waals surface area contributed by atoms with Crippen molar-refractivity contribution in [3.63, 3.8) is 0 Å². The van der Waals surface area contributed by atoms with Crippen LogP contribution in [0.5, 0.6) is 0 Å². The average Bonchev–Trinajstić information content (AvgIpc) is 3.23. The van der Waals surface area contributed by atoms with Crippen LogP contribution in [0.15, 0.2) is 48.7 Å². The van der Waals surface area contributed by atoms with Crippen LogP contribution in [0.3, 0.4) is 0 Å². The number of nitrogens with one attached hydrogen (secondary N) is 1. The van der Waals surface area contributed by atoms with Crippen LogP contribution in [0.25, 0.3) is 0 Å². The van der Waals surface area contributed by atoms with Gasteiger partial charge in [0, 0.05) is 57.2 Å². The van der Waals surface area contributed by atoms with E-state index in [9.17, 15) is 4.79 Å². The van der Waals surface area contributed by atoms with Crippen molar-refractivity contribution in [1.29, 1.82) is 0 Å². The number of benzene rings is 1. The normalized spacial score (nSPS) is 22.2. The first kappa shape index (κ1) is 16.2. The van der Waals surface area contributed by atoms with Crippen LogP contribution in [0.2, 0.25) is 0 Å². The number of anilines is 1. The second kappa shape index (κ2) is 7.31. The third-order valence-electron chi connectivity index (χ3n) is 5.46. The number of hydrogen-bond acceptors (Lipinski definition) is 3. The van der Waals surface area contributed by atoms with Crippen molar-refractivity contribution in [1.82, 2.24) is 14.8 Å². The Morgan fingerprint density at radius 3 is 2.48 bits per heavy atom. The summed E-state index contributed by atoms with van der Waals surface area (Å²) in [7, 11) is 0. The van der Waals surface area contributed by atoms with Gasteiger partial charge in [0.25, 0.3) is 5.91 Å². The van der Waals surface area contributed by atoms with Gasteiger partial charge >= 0.3 is 0 Å². The topological polar surface area (TPSA) is 42.6 Å². The second-order valence-electron chi connectivity index (χ2n) is 6.99. The smallest absolute Gasteiger partial charge is 0.270 e. The third-order valence-corrected chi connectivity index (χ3v) is 5.46. The number of carbonyl (C=O) groups is 1. The van der Waals surface area contributed by atoms with Gasteiger partial charge in [-0.2, -0.15) is 0 Å². The minimum absolute atomic E-state index is 0.137. The molecule has 2 fully saturated rings. The zero-order valence-electron chi connectivity index (χ0n) is 14.6. The van der Waals surface area contributed by atoms with Gasteiger partial charge < -0.3 is 14.8 Å². The molecule has 0 aliphatic carbocycles. The highest BCUT2D eigenvalue weighted by molar-refractivity contribution is 5.92. The molecule has 1 amide bonds. The summed E-state index contributed by atoms with van der Waals surface area (Å²) in [6.07, 6.45) is 4.10. The lowest BCUT2D eigenvalue weighted by atomic mass is 10.0. The highest BCUT2D eigenvalue weighted by Crippen LogP contribution is 2.21. The first-order chi connectivity index (χ1) is 12.3. The Bertz CT molecular complexity index is 677. The van der Waals surface area contributed by atoms with Crippen molar-refractivity contribution in [2.24, 2.45) is 0 Å². The Morgan fingerprint density at radius 1 is 0.960 bits per heavy atom. The summed E-state index contributed by atoms with van der Waals surface area (Å²) >= 11 is 0. The summed E-state index contributed by atoms with van der Waals surface area (Å²) in [6, 6.07) is 14.9. The van der Waals surface area contributed by atoms with Crippen LogP contribution >= 0.6 is 0 Å². The maximum atomic E-state index is 12.6. The van der Waals surface area contributed by atoms with E-state index in [0.29, 0.717) is 11.7 Å². The molecule has 25 heavy (non-hydrogen) atoms. The van der Waals surface area contributed by atoms with Gasteiger partial charge in [0.15, 0.2) is 0 Å². The lowest BCUT2D eigenvalue weighted by molar-refractivity contribution is 0.0559. The quantitative estimate of drug-likeness (QED) is 0.935. The molecule has 5 nitrogen and oxygen atoms in total. The van der Waals surface area contributed by atoms with Crippen LogP contribution in [-0.4, -0.2) is 66.0 Å². The molecule has 2 aliphatic rings. The highest BCUT2D eigenvalue weighted by atomic mass is 16.2. The molecule has 1 atom stereocenters. The Labute approximate surface area is 149 Å². The predicted molar refractivity (Wildman–Crippen MR) is 99.9 cm³/mol. The number of amides is 1. The molecule has 1 aromatic heterocycles. The monoisotopic (exact) mass is 338 g/mol. The van der Waals surface area contributed by atoms with Crippen molar-refractivity contribution in [2.75, 3.05) is 44.2 Å². The summed E-state index contributed by atoms with van der Waals surface area (Å²) in [5.74, 6) is 0.137. The van der Waals surface area contributed by atoms with Gasteiger partial charge in [0.2, 0.25) is 0 Å². The molecule has 132 valence electrons. The Kier molecular flexibility index (Phi) is 4.74. The molecule has 2 aromatic rings. The molecule has 5 heteroatoms. The Hall–Kier alpha value is -2.27. The number of hydrogen-bond donors (Lipinski definition) is 1. The standard InChI is InChI=1S/C20H26N4O/c25-20(19-9-4-10-21-19)24-11-5-8-18(16-24)23-14-12-22(13-15-23)17-6-2-1-3-7-17/h1-4,6-7,9-10,18,21H,5,8,11-16H2/t18-/m1/s1. The molecule has 0 saturated carbocycles. The molecule has 3 heterocycles. The number of para-hydroxylation sites is 1. The van der Waals surface area contributed by atoms with Gasteiger partial charge in [-0.1, -0.05) is 18.2 Å². The molecule has 2 saturated heterocycles. The van der Waals surface area contributed by atoms with E-state index in [2.05, 4.69) is 45.1 Å². The maximum Gasteiger partial charge on any atom is 0.270 e. The van der Waals surface area contributed by atoms with Gasteiger partial charge in [-0.15, -0.1) is 0 Å². The molecular weight excluding hydrogens is 312 g/mol. The zero-order valence-corrected chi connectivity index (χ0v) is 14.6. The van der Waals surface area contributed by atoms with Gasteiger partial charge in [-0.25, -0.2) is 0 Å². The van der Waals surface area contributed by atoms with E-state index in [4.69, 9.17) is 0 Å². The first-order valence-electron chi connectivity index (χ1n) is 9.28. The highest BCUT2D eigenvalue weighted by Gasteiger charge is 2.30. The SMILES string of the molecule is O=C(c1ccc[nH]1)N1CCC[C@@H](N2CCN(c3ccccc3)CC2)C1. The summed E-state index contributed by atoms with van der Waals surface area (Å²) in [5.41, 5.74) is 2.02. The molecule has 2 aliphatic heterocycles. The molecule has 1 aromatic carbocycles. The largest absolute Gasteiger partial charge is 0.369 e. The van der Waals surface area contributed by atoms with E-state index in [1.54, 1.807) is 0 Å². The summed E-state index contributed by atoms with van der Waals surface area (Å²) in [4.78, 5) is 22.7. The van der Waals surface area contributed by atoms with E-state index in [1.807, 2.05) is 23.2 Å². The zero-order chi connectivity index (χ0) is 17.1. The molecule has 1 N–H and O–H groups in total. The average molecular weight is 338 g/mol. The van der Waals surface area contributed by atoms with Crippen LogP contribution in [0.1, 0.15) is 23.3 Å². The van der Waals surface area contributed by atoms with Crippen LogP contribution < -0.4 is 4.90 Å². The van der Waals surface area contributed by atoms with E-state index >= 15 is 0 Å². The Morgan fingerprint density at radius 2 is 1.76 bits per heavy atom. The number of likely N-dealkylation sites (tertiary alicyclic amines) is 1. The predicted octanol–water partition coefficient (Wildman–Crippen LogP) is 2.44. The van der Waals surface area contributed by atoms with Crippen LogP contribution in [0.4, 0.5) is 5.69 Å². The number of aromatic nitrogens is 1. The summed E-state index contributed by atoms with van der Waals surface area (Å²) < 4.78 is 0. The van der Waals surface area contributed by atoms with Gasteiger partial charge in [0.1, 0.15) is 5.69 Å².